The van der Waals surface area contributed by atoms with Crippen molar-refractivity contribution >= 4 is 40.2 Å². The molecule has 0 bridgehead atoms. The standard InChI is InChI=1S/C19H13IO3/c1-3-11-7-8-12-15(21)9-14(20)19(23)17(12)16(11)13-6-4-5-10(2)18(13)22/h3-9,22H,1H2,2H3. The molecule has 1 N–H and O–H groups in total. The Labute approximate surface area is 147 Å². The van der Waals surface area contributed by atoms with Crippen LogP contribution >= 0.6 is 22.6 Å². The molecule has 2 aromatic carbocycles. The zero-order valence-electron chi connectivity index (χ0n) is 12.4. The number of phenolic OH excluding ortho intramolecular Hbond substituents is 1. The minimum atomic E-state index is -0.209. The van der Waals surface area contributed by atoms with Crippen LogP contribution in [0.3, 0.4) is 0 Å². The van der Waals surface area contributed by atoms with E-state index in [9.17, 15) is 14.7 Å². The number of aromatic hydroxyl groups is 1. The number of carbonyl (C=O) groups excluding carboxylic acids is 2. The van der Waals surface area contributed by atoms with Crippen molar-refractivity contribution in [3.05, 3.63) is 68.8 Å². The first-order chi connectivity index (χ1) is 11.0. The largest absolute Gasteiger partial charge is 0.507 e. The number of carbonyl (C=O) groups is 2. The Morgan fingerprint density at radius 1 is 1.09 bits per heavy atom. The summed E-state index contributed by atoms with van der Waals surface area (Å²) in [5.41, 5.74) is 3.19. The van der Waals surface area contributed by atoms with Gasteiger partial charge in [-0.1, -0.05) is 36.9 Å². The molecule has 2 aromatic rings. The Bertz CT molecular complexity index is 907. The third kappa shape index (κ3) is 2.43. The van der Waals surface area contributed by atoms with Gasteiger partial charge in [-0.15, -0.1) is 0 Å². The molecule has 1 aliphatic carbocycles. The maximum Gasteiger partial charge on any atom is 0.200 e. The summed E-state index contributed by atoms with van der Waals surface area (Å²) < 4.78 is 0.370. The van der Waals surface area contributed by atoms with Crippen molar-refractivity contribution in [2.24, 2.45) is 0 Å². The summed E-state index contributed by atoms with van der Waals surface area (Å²) in [5, 5.41) is 10.4. The van der Waals surface area contributed by atoms with Gasteiger partial charge in [0.2, 0.25) is 5.78 Å². The number of phenols is 1. The average molecular weight is 416 g/mol. The summed E-state index contributed by atoms with van der Waals surface area (Å²) in [6.45, 7) is 5.58. The van der Waals surface area contributed by atoms with Crippen molar-refractivity contribution in [1.82, 2.24) is 0 Å². The van der Waals surface area contributed by atoms with Crippen LogP contribution in [0.1, 0.15) is 31.8 Å². The van der Waals surface area contributed by atoms with Crippen LogP contribution < -0.4 is 0 Å². The van der Waals surface area contributed by atoms with Crippen molar-refractivity contribution < 1.29 is 14.7 Å². The second-order valence-corrected chi connectivity index (χ2v) is 6.48. The van der Waals surface area contributed by atoms with E-state index >= 15 is 0 Å². The number of ketones is 2. The zero-order valence-corrected chi connectivity index (χ0v) is 14.5. The number of benzene rings is 2. The number of allylic oxidation sites excluding steroid dienone is 2. The predicted molar refractivity (Wildman–Crippen MR) is 99.1 cm³/mol. The van der Waals surface area contributed by atoms with Gasteiger partial charge in [-0.2, -0.15) is 0 Å². The number of hydrogen-bond donors (Lipinski definition) is 1. The normalized spacial score (nSPS) is 13.6. The quantitative estimate of drug-likeness (QED) is 0.722. The highest BCUT2D eigenvalue weighted by atomic mass is 127. The van der Waals surface area contributed by atoms with Gasteiger partial charge in [0.25, 0.3) is 0 Å². The highest BCUT2D eigenvalue weighted by molar-refractivity contribution is 14.1. The van der Waals surface area contributed by atoms with E-state index in [0.717, 1.165) is 0 Å². The highest BCUT2D eigenvalue weighted by Crippen LogP contribution is 2.40. The molecule has 3 rings (SSSR count). The zero-order chi connectivity index (χ0) is 16.7. The predicted octanol–water partition coefficient (Wildman–Crippen LogP) is 4.71. The summed E-state index contributed by atoms with van der Waals surface area (Å²) in [5.74, 6) is -0.304. The molecule has 0 atom stereocenters. The maximum atomic E-state index is 12.7. The molecule has 0 heterocycles. The Hall–Kier alpha value is -2.21. The van der Waals surface area contributed by atoms with Gasteiger partial charge in [-0.3, -0.25) is 9.59 Å². The summed E-state index contributed by atoms with van der Waals surface area (Å²) in [4.78, 5) is 24.9. The first-order valence-corrected chi connectivity index (χ1v) is 8.08. The third-order valence-electron chi connectivity index (χ3n) is 3.93. The Kier molecular flexibility index (Phi) is 3.93. The van der Waals surface area contributed by atoms with Crippen molar-refractivity contribution in [3.8, 4) is 16.9 Å². The fourth-order valence-electron chi connectivity index (χ4n) is 2.76. The van der Waals surface area contributed by atoms with E-state index in [1.54, 1.807) is 37.3 Å². The van der Waals surface area contributed by atoms with E-state index in [1.165, 1.54) is 6.08 Å². The summed E-state index contributed by atoms with van der Waals surface area (Å²) in [6, 6.07) is 8.74. The van der Waals surface area contributed by atoms with Crippen LogP contribution in [0, 0.1) is 6.92 Å². The van der Waals surface area contributed by atoms with Gasteiger partial charge < -0.3 is 5.11 Å². The lowest BCUT2D eigenvalue weighted by atomic mass is 9.84. The molecule has 1 aliphatic rings. The smallest absolute Gasteiger partial charge is 0.200 e. The molecular formula is C19H13IO3. The molecule has 0 radical (unpaired) electrons. The van der Waals surface area contributed by atoms with Crippen LogP contribution in [0.15, 0.2) is 46.6 Å². The van der Waals surface area contributed by atoms with Crippen molar-refractivity contribution in [2.75, 3.05) is 0 Å². The molecule has 0 saturated heterocycles. The van der Waals surface area contributed by atoms with E-state index in [-0.39, 0.29) is 17.3 Å². The second-order valence-electron chi connectivity index (χ2n) is 5.31. The van der Waals surface area contributed by atoms with E-state index in [2.05, 4.69) is 6.58 Å². The molecular weight excluding hydrogens is 403 g/mol. The minimum Gasteiger partial charge on any atom is -0.507 e. The molecule has 0 spiro atoms. The van der Waals surface area contributed by atoms with Crippen LogP contribution in [-0.2, 0) is 0 Å². The van der Waals surface area contributed by atoms with Crippen LogP contribution in [0.2, 0.25) is 0 Å². The fourth-order valence-corrected chi connectivity index (χ4v) is 3.31. The van der Waals surface area contributed by atoms with Crippen LogP contribution in [0.25, 0.3) is 17.2 Å². The van der Waals surface area contributed by atoms with E-state index < -0.39 is 0 Å². The van der Waals surface area contributed by atoms with Crippen molar-refractivity contribution in [3.63, 3.8) is 0 Å². The maximum absolute atomic E-state index is 12.7. The number of halogens is 1. The molecule has 0 aliphatic heterocycles. The monoisotopic (exact) mass is 416 g/mol. The number of hydrogen-bond acceptors (Lipinski definition) is 3. The first-order valence-electron chi connectivity index (χ1n) is 7.00. The molecule has 0 saturated carbocycles. The molecule has 0 amide bonds. The van der Waals surface area contributed by atoms with Gasteiger partial charge in [0, 0.05) is 28.3 Å². The van der Waals surface area contributed by atoms with Crippen molar-refractivity contribution in [2.45, 2.75) is 6.92 Å². The lowest BCUT2D eigenvalue weighted by Gasteiger charge is -2.19. The number of para-hydroxylation sites is 1. The topological polar surface area (TPSA) is 54.4 Å². The van der Waals surface area contributed by atoms with Gasteiger partial charge in [0.15, 0.2) is 5.78 Å². The highest BCUT2D eigenvalue weighted by Gasteiger charge is 2.29. The molecule has 114 valence electrons. The molecule has 4 heteroatoms. The summed E-state index contributed by atoms with van der Waals surface area (Å²) in [7, 11) is 0. The van der Waals surface area contributed by atoms with Crippen molar-refractivity contribution in [1.29, 1.82) is 0 Å². The molecule has 3 nitrogen and oxygen atoms in total. The van der Waals surface area contributed by atoms with Crippen LogP contribution in [0.5, 0.6) is 5.75 Å². The van der Waals surface area contributed by atoms with Gasteiger partial charge in [-0.05, 0) is 46.7 Å². The van der Waals surface area contributed by atoms with E-state index in [0.29, 0.717) is 37.0 Å². The Morgan fingerprint density at radius 3 is 2.52 bits per heavy atom. The van der Waals surface area contributed by atoms with Crippen LogP contribution in [-0.4, -0.2) is 16.7 Å². The lowest BCUT2D eigenvalue weighted by Crippen LogP contribution is -2.16. The second kappa shape index (κ2) is 5.77. The minimum absolute atomic E-state index is 0.105. The van der Waals surface area contributed by atoms with Gasteiger partial charge in [0.05, 0.1) is 3.58 Å². The molecule has 0 fully saturated rings. The van der Waals surface area contributed by atoms with Gasteiger partial charge in [-0.25, -0.2) is 0 Å². The summed E-state index contributed by atoms with van der Waals surface area (Å²) in [6.07, 6.45) is 2.97. The molecule has 23 heavy (non-hydrogen) atoms. The number of aryl methyl sites for hydroxylation is 1. The molecule has 0 aromatic heterocycles. The number of rotatable bonds is 2. The molecule has 0 unspecified atom stereocenters. The Balaban J connectivity index is 2.44. The van der Waals surface area contributed by atoms with Crippen LogP contribution in [0.4, 0.5) is 0 Å². The van der Waals surface area contributed by atoms with E-state index in [1.807, 2.05) is 28.7 Å². The number of fused-ring (bicyclic) bond motifs is 1. The lowest BCUT2D eigenvalue weighted by molar-refractivity contribution is 0.0993. The van der Waals surface area contributed by atoms with Gasteiger partial charge >= 0.3 is 0 Å². The summed E-state index contributed by atoms with van der Waals surface area (Å²) >= 11 is 1.87. The third-order valence-corrected chi connectivity index (χ3v) is 4.73. The van der Waals surface area contributed by atoms with E-state index in [4.69, 9.17) is 0 Å². The Morgan fingerprint density at radius 2 is 1.83 bits per heavy atom. The number of Topliss-reactive ketones (excluding diaryl/α,β-unsaturated/α-hetero) is 1. The van der Waals surface area contributed by atoms with Gasteiger partial charge in [0.1, 0.15) is 5.75 Å². The average Bonchev–Trinajstić information content (AvgIpc) is 2.54. The first kappa shape index (κ1) is 15.7. The fraction of sp³-hybridized carbons (Fsp3) is 0.0526. The SMILES string of the molecule is C=Cc1ccc2c(c1-c1cccc(C)c1O)C(=O)C(I)=CC2=O.